The number of rotatable bonds is 7. The van der Waals surface area contributed by atoms with E-state index in [-0.39, 0.29) is 6.42 Å². The van der Waals surface area contributed by atoms with E-state index in [1.807, 2.05) is 0 Å². The number of hydrogen-bond donors (Lipinski definition) is 0. The zero-order chi connectivity index (χ0) is 16.6. The second-order valence-electron chi connectivity index (χ2n) is 5.32. The molecule has 2 atom stereocenters. The zero-order valence-electron chi connectivity index (χ0n) is 12.4. The van der Waals surface area contributed by atoms with Crippen molar-refractivity contribution >= 4 is 13.6 Å². The summed E-state index contributed by atoms with van der Waals surface area (Å²) in [6.45, 7) is 1.22. The molecule has 1 aliphatic carbocycles. The van der Waals surface area contributed by atoms with Crippen molar-refractivity contribution in [2.45, 2.75) is 19.5 Å². The van der Waals surface area contributed by atoms with E-state index in [1.54, 1.807) is 30.3 Å². The van der Waals surface area contributed by atoms with Gasteiger partial charge < -0.3 is 0 Å². The number of ketones is 1. The maximum atomic E-state index is 14.3. The van der Waals surface area contributed by atoms with Crippen LogP contribution < -0.4 is 0 Å². The number of carbonyl (C=O) groups excluding carboxylic acids is 1. The monoisotopic (exact) mass is 334 g/mol. The van der Waals surface area contributed by atoms with Crippen LogP contribution in [0.3, 0.4) is 0 Å². The zero-order valence-corrected chi connectivity index (χ0v) is 13.3. The van der Waals surface area contributed by atoms with Crippen LogP contribution in [0, 0.1) is 11.3 Å². The molecule has 0 heterocycles. The fourth-order valence-corrected chi connectivity index (χ4v) is 3.05. The van der Waals surface area contributed by atoms with E-state index < -0.39 is 31.0 Å². The minimum absolute atomic E-state index is 0.0683. The molecule has 0 amide bonds. The smallest absolute Gasteiger partial charge is 0.294 e. The SMILES string of the molecule is COP(=O)(OC)OC(F)(F)[C@@]1(C)C[C@@H]1C(=O)c1ccccc1. The highest BCUT2D eigenvalue weighted by atomic mass is 31.2. The highest BCUT2D eigenvalue weighted by Gasteiger charge is 2.71. The van der Waals surface area contributed by atoms with Gasteiger partial charge in [0.05, 0.1) is 5.41 Å². The van der Waals surface area contributed by atoms with Crippen molar-refractivity contribution in [1.29, 1.82) is 0 Å². The molecule has 1 aromatic rings. The van der Waals surface area contributed by atoms with Gasteiger partial charge in [-0.3, -0.25) is 13.8 Å². The molecular weight excluding hydrogens is 317 g/mol. The molecular formula is C14H17F2O5P. The average molecular weight is 334 g/mol. The van der Waals surface area contributed by atoms with Crippen LogP contribution in [0.2, 0.25) is 0 Å². The van der Waals surface area contributed by atoms with Crippen molar-refractivity contribution in [3.63, 3.8) is 0 Å². The second kappa shape index (κ2) is 5.81. The Hall–Kier alpha value is -1.14. The van der Waals surface area contributed by atoms with Crippen molar-refractivity contribution < 1.29 is 31.7 Å². The lowest BCUT2D eigenvalue weighted by Gasteiger charge is -2.26. The van der Waals surface area contributed by atoms with Gasteiger partial charge in [-0.05, 0) is 6.42 Å². The number of Topliss-reactive ketones (excluding diaryl/α,β-unsaturated/α-hetero) is 1. The fourth-order valence-electron chi connectivity index (χ4n) is 2.27. The van der Waals surface area contributed by atoms with E-state index in [1.165, 1.54) is 6.92 Å². The summed E-state index contributed by atoms with van der Waals surface area (Å²) in [7, 11) is -2.46. The maximum Gasteiger partial charge on any atom is 0.479 e. The lowest BCUT2D eigenvalue weighted by Crippen LogP contribution is -2.33. The first-order valence-corrected chi connectivity index (χ1v) is 8.04. The van der Waals surface area contributed by atoms with Crippen molar-refractivity contribution in [2.24, 2.45) is 11.3 Å². The molecule has 0 spiro atoms. The summed E-state index contributed by atoms with van der Waals surface area (Å²) in [5, 5.41) is 0. The van der Waals surface area contributed by atoms with Crippen LogP contribution in [-0.2, 0) is 18.1 Å². The lowest BCUT2D eigenvalue weighted by atomic mass is 9.99. The Morgan fingerprint density at radius 2 is 1.82 bits per heavy atom. The molecule has 0 unspecified atom stereocenters. The Labute approximate surface area is 127 Å². The second-order valence-corrected chi connectivity index (χ2v) is 7.13. The van der Waals surface area contributed by atoms with Crippen molar-refractivity contribution in [1.82, 2.24) is 0 Å². The Morgan fingerprint density at radius 3 is 2.32 bits per heavy atom. The molecule has 122 valence electrons. The number of halogens is 2. The predicted octanol–water partition coefficient (Wildman–Crippen LogP) is 3.91. The van der Waals surface area contributed by atoms with Gasteiger partial charge in [-0.25, -0.2) is 9.09 Å². The normalized spacial score (nSPS) is 25.0. The van der Waals surface area contributed by atoms with Gasteiger partial charge in [0.2, 0.25) is 0 Å². The summed E-state index contributed by atoms with van der Waals surface area (Å²) >= 11 is 0. The number of benzene rings is 1. The first-order valence-electron chi connectivity index (χ1n) is 6.58. The number of alkyl halides is 2. The van der Waals surface area contributed by atoms with E-state index in [9.17, 15) is 18.1 Å². The van der Waals surface area contributed by atoms with Gasteiger partial charge in [0.1, 0.15) is 0 Å². The number of hydrogen-bond acceptors (Lipinski definition) is 5. The van der Waals surface area contributed by atoms with Crippen LogP contribution in [0.1, 0.15) is 23.7 Å². The van der Waals surface area contributed by atoms with Gasteiger partial charge in [0.25, 0.3) is 0 Å². The number of phosphoric ester groups is 1. The molecule has 1 aromatic carbocycles. The minimum Gasteiger partial charge on any atom is -0.294 e. The molecule has 22 heavy (non-hydrogen) atoms. The van der Waals surface area contributed by atoms with Crippen LogP contribution in [0.5, 0.6) is 0 Å². The van der Waals surface area contributed by atoms with Gasteiger partial charge in [-0.15, -0.1) is 0 Å². The van der Waals surface area contributed by atoms with E-state index in [4.69, 9.17) is 0 Å². The first kappa shape index (κ1) is 17.2. The number of carbonyl (C=O) groups is 1. The largest absolute Gasteiger partial charge is 0.479 e. The minimum atomic E-state index is -4.35. The third-order valence-corrected chi connectivity index (χ3v) is 5.30. The number of phosphoric acid groups is 1. The molecule has 2 rings (SSSR count). The summed E-state index contributed by atoms with van der Waals surface area (Å²) in [6, 6.07) is 8.18. The molecule has 0 bridgehead atoms. The van der Waals surface area contributed by atoms with Crippen molar-refractivity contribution in [3.8, 4) is 0 Å². The van der Waals surface area contributed by atoms with E-state index >= 15 is 0 Å². The van der Waals surface area contributed by atoms with E-state index in [0.29, 0.717) is 5.56 Å². The summed E-state index contributed by atoms with van der Waals surface area (Å²) in [5.74, 6) is -1.30. The van der Waals surface area contributed by atoms with Crippen molar-refractivity contribution in [3.05, 3.63) is 35.9 Å². The molecule has 0 N–H and O–H groups in total. The summed E-state index contributed by atoms with van der Waals surface area (Å²) in [6.07, 6.45) is -3.88. The molecule has 0 saturated heterocycles. The molecule has 5 nitrogen and oxygen atoms in total. The summed E-state index contributed by atoms with van der Waals surface area (Å²) in [4.78, 5) is 12.3. The van der Waals surface area contributed by atoms with Crippen LogP contribution in [0.15, 0.2) is 30.3 Å². The standard InChI is InChI=1S/C14H17F2O5P/c1-13(14(15,16)21-22(18,19-2)20-3)9-11(13)12(17)10-7-5-4-6-8-10/h4-8,11H,9H2,1-3H3/t11-,13+/m1/s1. The molecule has 1 aliphatic rings. The van der Waals surface area contributed by atoms with Gasteiger partial charge >= 0.3 is 13.9 Å². The molecule has 1 saturated carbocycles. The lowest BCUT2D eigenvalue weighted by molar-refractivity contribution is -0.235. The Balaban J connectivity index is 2.16. The van der Waals surface area contributed by atoms with Crippen molar-refractivity contribution in [2.75, 3.05) is 14.2 Å². The summed E-state index contributed by atoms with van der Waals surface area (Å²) in [5.41, 5.74) is -1.39. The van der Waals surface area contributed by atoms with Crippen LogP contribution in [0.25, 0.3) is 0 Å². The van der Waals surface area contributed by atoms with Gasteiger partial charge in [0.15, 0.2) is 5.78 Å². The molecule has 8 heteroatoms. The fraction of sp³-hybridized carbons (Fsp3) is 0.500. The predicted molar refractivity (Wildman–Crippen MR) is 74.6 cm³/mol. The topological polar surface area (TPSA) is 61.8 Å². The van der Waals surface area contributed by atoms with E-state index in [0.717, 1.165) is 14.2 Å². The third kappa shape index (κ3) is 2.99. The van der Waals surface area contributed by atoms with Gasteiger partial charge in [-0.2, -0.15) is 8.78 Å². The highest BCUT2D eigenvalue weighted by molar-refractivity contribution is 7.48. The van der Waals surface area contributed by atoms with Crippen LogP contribution in [-0.4, -0.2) is 26.1 Å². The molecule has 1 fully saturated rings. The molecule has 0 aromatic heterocycles. The molecule has 0 aliphatic heterocycles. The molecule has 0 radical (unpaired) electrons. The average Bonchev–Trinajstić information content (AvgIpc) is 3.21. The maximum absolute atomic E-state index is 14.3. The van der Waals surface area contributed by atoms with Crippen LogP contribution in [0.4, 0.5) is 8.78 Å². The Bertz CT molecular complexity index is 599. The Morgan fingerprint density at radius 1 is 1.27 bits per heavy atom. The third-order valence-electron chi connectivity index (χ3n) is 3.95. The highest BCUT2D eigenvalue weighted by Crippen LogP contribution is 2.67. The first-order chi connectivity index (χ1) is 10.2. The van der Waals surface area contributed by atoms with Gasteiger partial charge in [-0.1, -0.05) is 37.3 Å². The van der Waals surface area contributed by atoms with E-state index in [2.05, 4.69) is 13.6 Å². The van der Waals surface area contributed by atoms with Crippen LogP contribution >= 0.6 is 7.82 Å². The summed E-state index contributed by atoms with van der Waals surface area (Å²) < 4.78 is 53.4. The quantitative estimate of drug-likeness (QED) is 0.559. The van der Waals surface area contributed by atoms with Gasteiger partial charge in [0, 0.05) is 25.7 Å². The Kier molecular flexibility index (Phi) is 4.55.